The summed E-state index contributed by atoms with van der Waals surface area (Å²) < 4.78 is 15.5. The minimum absolute atomic E-state index is 0.00111. The van der Waals surface area contributed by atoms with Crippen LogP contribution in [0.5, 0.6) is 5.75 Å². The predicted molar refractivity (Wildman–Crippen MR) is 63.0 cm³/mol. The maximum Gasteiger partial charge on any atom is 0.341 e. The summed E-state index contributed by atoms with van der Waals surface area (Å²) in [6, 6.07) is 0. The molecule has 0 spiro atoms. The molecule has 7 heteroatoms. The van der Waals surface area contributed by atoms with Gasteiger partial charge in [0.15, 0.2) is 5.75 Å². The summed E-state index contributed by atoms with van der Waals surface area (Å²) in [5.74, 6) is -0.647. The topological polar surface area (TPSA) is 79.7 Å². The summed E-state index contributed by atoms with van der Waals surface area (Å²) in [5.41, 5.74) is -0.183. The van der Waals surface area contributed by atoms with Gasteiger partial charge in [0, 0.05) is 7.05 Å². The molecule has 0 atom stereocenters. The molecule has 0 aliphatic carbocycles. The van der Waals surface area contributed by atoms with Crippen LogP contribution in [0.1, 0.15) is 5.56 Å². The van der Waals surface area contributed by atoms with E-state index < -0.39 is 11.5 Å². The molecule has 0 unspecified atom stereocenters. The fourth-order valence-corrected chi connectivity index (χ4v) is 1.36. The van der Waals surface area contributed by atoms with E-state index >= 15 is 0 Å². The average molecular weight is 254 g/mol. The number of carbonyl (C=O) groups excluding carboxylic acids is 1. The molecule has 0 bridgehead atoms. The van der Waals surface area contributed by atoms with Crippen molar-refractivity contribution in [1.82, 2.24) is 9.78 Å². The van der Waals surface area contributed by atoms with Crippen molar-refractivity contribution in [3.63, 3.8) is 0 Å². The first-order valence-corrected chi connectivity index (χ1v) is 4.98. The number of rotatable bonds is 4. The van der Waals surface area contributed by atoms with Gasteiger partial charge >= 0.3 is 11.5 Å². The Bertz CT molecular complexity index is 533. The van der Waals surface area contributed by atoms with Crippen LogP contribution < -0.4 is 10.3 Å². The van der Waals surface area contributed by atoms with Crippen LogP contribution in [0.15, 0.2) is 17.3 Å². The summed E-state index contributed by atoms with van der Waals surface area (Å²) in [6.07, 6.45) is 2.51. The van der Waals surface area contributed by atoms with E-state index in [0.29, 0.717) is 0 Å². The van der Waals surface area contributed by atoms with Gasteiger partial charge in [-0.3, -0.25) is 4.79 Å². The van der Waals surface area contributed by atoms with Crippen molar-refractivity contribution in [2.24, 2.45) is 7.05 Å². The fraction of sp³-hybridized carbons (Fsp3) is 0.364. The Balaban J connectivity index is 3.47. The maximum absolute atomic E-state index is 11.8. The van der Waals surface area contributed by atoms with Crippen molar-refractivity contribution in [3.8, 4) is 5.75 Å². The van der Waals surface area contributed by atoms with Crippen LogP contribution in [0.3, 0.4) is 0 Å². The number of aromatic nitrogens is 2. The fourth-order valence-electron chi connectivity index (χ4n) is 1.36. The Morgan fingerprint density at radius 2 is 2.06 bits per heavy atom. The lowest BCUT2D eigenvalue weighted by Crippen LogP contribution is -2.23. The third-order valence-corrected chi connectivity index (χ3v) is 2.23. The molecular formula is C11H14N2O5. The summed E-state index contributed by atoms with van der Waals surface area (Å²) in [4.78, 5) is 23.4. The highest BCUT2D eigenvalue weighted by molar-refractivity contribution is 6.16. The van der Waals surface area contributed by atoms with Crippen molar-refractivity contribution in [1.29, 1.82) is 0 Å². The van der Waals surface area contributed by atoms with Crippen LogP contribution in [0, 0.1) is 0 Å². The van der Waals surface area contributed by atoms with Gasteiger partial charge in [-0.25, -0.2) is 9.48 Å². The summed E-state index contributed by atoms with van der Waals surface area (Å²) in [5, 5.41) is 3.83. The molecule has 1 aromatic heterocycles. The van der Waals surface area contributed by atoms with Crippen molar-refractivity contribution in [2.45, 2.75) is 0 Å². The molecule has 0 N–H and O–H groups in total. The van der Waals surface area contributed by atoms with E-state index in [1.54, 1.807) is 0 Å². The van der Waals surface area contributed by atoms with E-state index in [1.165, 1.54) is 40.8 Å². The first-order chi connectivity index (χ1) is 8.56. The monoisotopic (exact) mass is 254 g/mol. The molecule has 18 heavy (non-hydrogen) atoms. The predicted octanol–water partition coefficient (Wildman–Crippen LogP) is -0.0508. The molecule has 1 aromatic rings. The number of ether oxygens (including phenoxy) is 3. The normalized spacial score (nSPS) is 11.0. The van der Waals surface area contributed by atoms with Gasteiger partial charge < -0.3 is 14.2 Å². The summed E-state index contributed by atoms with van der Waals surface area (Å²) >= 11 is 0. The first kappa shape index (κ1) is 13.8. The second-order valence-electron chi connectivity index (χ2n) is 3.28. The van der Waals surface area contributed by atoms with Gasteiger partial charge in [-0.2, -0.15) is 5.10 Å². The van der Waals surface area contributed by atoms with Crippen LogP contribution in [0.2, 0.25) is 0 Å². The second-order valence-corrected chi connectivity index (χ2v) is 3.28. The van der Waals surface area contributed by atoms with E-state index in [4.69, 9.17) is 9.47 Å². The highest BCUT2D eigenvalue weighted by Crippen LogP contribution is 2.22. The van der Waals surface area contributed by atoms with Crippen LogP contribution in [0.25, 0.3) is 5.57 Å². The van der Waals surface area contributed by atoms with Gasteiger partial charge in [0.1, 0.15) is 5.57 Å². The molecule has 98 valence electrons. The third-order valence-electron chi connectivity index (χ3n) is 2.23. The van der Waals surface area contributed by atoms with E-state index in [-0.39, 0.29) is 16.9 Å². The summed E-state index contributed by atoms with van der Waals surface area (Å²) in [7, 11) is 5.42. The van der Waals surface area contributed by atoms with Crippen molar-refractivity contribution < 1.29 is 19.0 Å². The summed E-state index contributed by atoms with van der Waals surface area (Å²) in [6.45, 7) is 0. The standard InChI is InChI=1S/C11H14N2O5/c1-13-10(14)9(17-3)7(5-12-13)8(6-16-2)11(15)18-4/h5-6H,1-4H3. The van der Waals surface area contributed by atoms with Gasteiger partial charge in [-0.05, 0) is 0 Å². The van der Waals surface area contributed by atoms with Crippen LogP contribution in [-0.2, 0) is 21.3 Å². The Hall–Kier alpha value is -2.31. The third kappa shape index (κ3) is 2.50. The Morgan fingerprint density at radius 1 is 1.39 bits per heavy atom. The Morgan fingerprint density at radius 3 is 2.56 bits per heavy atom. The van der Waals surface area contributed by atoms with E-state index in [9.17, 15) is 9.59 Å². The lowest BCUT2D eigenvalue weighted by molar-refractivity contribution is -0.133. The Labute approximate surface area is 104 Å². The van der Waals surface area contributed by atoms with Crippen molar-refractivity contribution in [2.75, 3.05) is 21.3 Å². The number of methoxy groups -OCH3 is 3. The molecule has 0 amide bonds. The molecule has 0 aromatic carbocycles. The zero-order chi connectivity index (χ0) is 13.7. The number of carbonyl (C=O) groups is 1. The van der Waals surface area contributed by atoms with E-state index in [2.05, 4.69) is 9.84 Å². The number of hydrogen-bond acceptors (Lipinski definition) is 6. The molecule has 7 nitrogen and oxygen atoms in total. The first-order valence-electron chi connectivity index (χ1n) is 4.98. The number of hydrogen-bond donors (Lipinski definition) is 0. The lowest BCUT2D eigenvalue weighted by atomic mass is 10.1. The molecule has 0 saturated heterocycles. The molecular weight excluding hydrogens is 240 g/mol. The molecule has 1 heterocycles. The molecule has 1 rings (SSSR count). The van der Waals surface area contributed by atoms with E-state index in [0.717, 1.165) is 4.68 Å². The molecule has 0 saturated carbocycles. The largest absolute Gasteiger partial charge is 0.503 e. The van der Waals surface area contributed by atoms with Crippen LogP contribution in [0.4, 0.5) is 0 Å². The molecule has 0 aliphatic rings. The van der Waals surface area contributed by atoms with Gasteiger partial charge in [-0.15, -0.1) is 0 Å². The second kappa shape index (κ2) is 5.85. The lowest BCUT2D eigenvalue weighted by Gasteiger charge is -2.10. The van der Waals surface area contributed by atoms with Gasteiger partial charge in [0.05, 0.1) is 39.4 Å². The number of nitrogens with zero attached hydrogens (tertiary/aromatic N) is 2. The zero-order valence-corrected chi connectivity index (χ0v) is 10.6. The van der Waals surface area contributed by atoms with Crippen molar-refractivity contribution in [3.05, 3.63) is 28.4 Å². The highest BCUT2D eigenvalue weighted by Gasteiger charge is 2.21. The van der Waals surface area contributed by atoms with Gasteiger partial charge in [0.25, 0.3) is 0 Å². The van der Waals surface area contributed by atoms with Gasteiger partial charge in [-0.1, -0.05) is 0 Å². The Kier molecular flexibility index (Phi) is 4.47. The van der Waals surface area contributed by atoms with Crippen LogP contribution in [-0.4, -0.2) is 37.1 Å². The number of aryl methyl sites for hydroxylation is 1. The smallest absolute Gasteiger partial charge is 0.341 e. The average Bonchev–Trinajstić information content (AvgIpc) is 2.38. The minimum Gasteiger partial charge on any atom is -0.503 e. The zero-order valence-electron chi connectivity index (χ0n) is 10.6. The number of esters is 1. The SMILES string of the molecule is COC=C(C(=O)OC)c1cnn(C)c(=O)c1OC. The quantitative estimate of drug-likeness (QED) is 0.426. The maximum atomic E-state index is 11.8. The molecule has 0 radical (unpaired) electrons. The van der Waals surface area contributed by atoms with Crippen molar-refractivity contribution >= 4 is 11.5 Å². The van der Waals surface area contributed by atoms with E-state index in [1.807, 2.05) is 0 Å². The van der Waals surface area contributed by atoms with Gasteiger partial charge in [0.2, 0.25) is 0 Å². The molecule has 0 fully saturated rings. The highest BCUT2D eigenvalue weighted by atomic mass is 16.5. The minimum atomic E-state index is -0.648. The van der Waals surface area contributed by atoms with Crippen LogP contribution >= 0.6 is 0 Å². The molecule has 0 aliphatic heterocycles.